The molecule has 1 nitrogen and oxygen atoms in total. The van der Waals surface area contributed by atoms with E-state index >= 15 is 0 Å². The molecule has 0 aliphatic carbocycles. The van der Waals surface area contributed by atoms with Gasteiger partial charge >= 0.3 is 0 Å². The van der Waals surface area contributed by atoms with Gasteiger partial charge in [-0.1, -0.05) is 37.8 Å². The first kappa shape index (κ1) is 13.2. The van der Waals surface area contributed by atoms with Crippen molar-refractivity contribution in [3.8, 4) is 11.8 Å². The van der Waals surface area contributed by atoms with Crippen molar-refractivity contribution in [3.63, 3.8) is 0 Å². The van der Waals surface area contributed by atoms with Crippen molar-refractivity contribution in [2.45, 2.75) is 19.6 Å². The van der Waals surface area contributed by atoms with Crippen LogP contribution in [0, 0.1) is 17.8 Å². The van der Waals surface area contributed by atoms with Crippen LogP contribution in [0.5, 0.6) is 0 Å². The Labute approximate surface area is 103 Å². The molecule has 0 aliphatic heterocycles. The van der Waals surface area contributed by atoms with Crippen molar-refractivity contribution < 1.29 is 0 Å². The minimum absolute atomic E-state index is 0.423. The predicted molar refractivity (Wildman–Crippen MR) is 73.4 cm³/mol. The zero-order valence-electron chi connectivity index (χ0n) is 9.99. The molecule has 86 valence electrons. The molecule has 0 saturated carbocycles. The lowest BCUT2D eigenvalue weighted by Crippen LogP contribution is -1.93. The Morgan fingerprint density at radius 2 is 2.19 bits per heavy atom. The highest BCUT2D eigenvalue weighted by atomic mass is 32.2. The highest BCUT2D eigenvalue weighted by molar-refractivity contribution is 7.98. The van der Waals surface area contributed by atoms with Gasteiger partial charge in [0.2, 0.25) is 0 Å². The third-order valence-corrected chi connectivity index (χ3v) is 3.42. The minimum atomic E-state index is 0.423. The van der Waals surface area contributed by atoms with Gasteiger partial charge in [-0.15, -0.1) is 0 Å². The Hall–Kier alpha value is -0.910. The second-order valence-electron chi connectivity index (χ2n) is 4.12. The van der Waals surface area contributed by atoms with Crippen LogP contribution in [-0.4, -0.2) is 12.3 Å². The van der Waals surface area contributed by atoms with Crippen LogP contribution in [0.2, 0.25) is 0 Å². The molecule has 1 aromatic carbocycles. The second kappa shape index (κ2) is 7.38. The van der Waals surface area contributed by atoms with Crippen LogP contribution in [0.25, 0.3) is 0 Å². The third-order valence-electron chi connectivity index (χ3n) is 1.98. The van der Waals surface area contributed by atoms with E-state index in [1.54, 1.807) is 0 Å². The summed E-state index contributed by atoms with van der Waals surface area (Å²) in [5, 5.41) is 0. The molecular weight excluding hydrogens is 214 g/mol. The van der Waals surface area contributed by atoms with Gasteiger partial charge in [-0.05, 0) is 29.4 Å². The molecular formula is C14H19NS. The van der Waals surface area contributed by atoms with Gasteiger partial charge in [0, 0.05) is 11.3 Å². The van der Waals surface area contributed by atoms with Crippen molar-refractivity contribution in [1.29, 1.82) is 0 Å². The van der Waals surface area contributed by atoms with Crippen LogP contribution in [0.4, 0.5) is 0 Å². The fraction of sp³-hybridized carbons (Fsp3) is 0.429. The zero-order valence-corrected chi connectivity index (χ0v) is 10.8. The lowest BCUT2D eigenvalue weighted by Gasteiger charge is -2.04. The normalized spacial score (nSPS) is 10.0. The van der Waals surface area contributed by atoms with E-state index < -0.39 is 0 Å². The molecule has 16 heavy (non-hydrogen) atoms. The van der Waals surface area contributed by atoms with Gasteiger partial charge in [-0.3, -0.25) is 0 Å². The first-order valence-electron chi connectivity index (χ1n) is 5.58. The Balaban J connectivity index is 2.54. The molecule has 0 aliphatic rings. The standard InChI is InChI=1S/C14H19NS/c1-12(2)10-16-11-14-6-3-5-13(9-14)7-4-8-15/h3,5-6,9,12H,8,10-11,15H2,1-2H3. The molecule has 0 amide bonds. The first-order chi connectivity index (χ1) is 7.72. The van der Waals surface area contributed by atoms with Crippen molar-refractivity contribution in [2.24, 2.45) is 11.7 Å². The van der Waals surface area contributed by atoms with Crippen LogP contribution in [0.1, 0.15) is 25.0 Å². The van der Waals surface area contributed by atoms with Crippen LogP contribution >= 0.6 is 11.8 Å². The molecule has 0 unspecified atom stereocenters. The minimum Gasteiger partial charge on any atom is -0.320 e. The zero-order chi connectivity index (χ0) is 11.8. The fourth-order valence-electron chi connectivity index (χ4n) is 1.30. The summed E-state index contributed by atoms with van der Waals surface area (Å²) in [6.45, 7) is 4.92. The van der Waals surface area contributed by atoms with Crippen LogP contribution in [-0.2, 0) is 5.75 Å². The van der Waals surface area contributed by atoms with E-state index in [9.17, 15) is 0 Å². The summed E-state index contributed by atoms with van der Waals surface area (Å²) in [7, 11) is 0. The van der Waals surface area contributed by atoms with Gasteiger partial charge in [0.25, 0.3) is 0 Å². The molecule has 2 heteroatoms. The van der Waals surface area contributed by atoms with Gasteiger partial charge < -0.3 is 5.73 Å². The highest BCUT2D eigenvalue weighted by Crippen LogP contribution is 2.16. The molecule has 0 spiro atoms. The molecule has 1 aromatic rings. The van der Waals surface area contributed by atoms with Gasteiger partial charge in [0.15, 0.2) is 0 Å². The van der Waals surface area contributed by atoms with Crippen LogP contribution in [0.3, 0.4) is 0 Å². The Bertz CT molecular complexity index is 374. The third kappa shape index (κ3) is 5.25. The molecule has 0 atom stereocenters. The largest absolute Gasteiger partial charge is 0.320 e. The number of hydrogen-bond donors (Lipinski definition) is 1. The summed E-state index contributed by atoms with van der Waals surface area (Å²) in [6.07, 6.45) is 0. The summed E-state index contributed by atoms with van der Waals surface area (Å²) in [5.41, 5.74) is 7.76. The molecule has 0 radical (unpaired) electrons. The van der Waals surface area contributed by atoms with E-state index in [2.05, 4.69) is 43.9 Å². The van der Waals surface area contributed by atoms with Gasteiger partial charge in [-0.25, -0.2) is 0 Å². The van der Waals surface area contributed by atoms with Gasteiger partial charge in [-0.2, -0.15) is 11.8 Å². The molecule has 2 N–H and O–H groups in total. The molecule has 0 fully saturated rings. The SMILES string of the molecule is CC(C)CSCc1cccc(C#CCN)c1. The summed E-state index contributed by atoms with van der Waals surface area (Å²) >= 11 is 1.97. The van der Waals surface area contributed by atoms with Crippen LogP contribution < -0.4 is 5.73 Å². The molecule has 0 bridgehead atoms. The molecule has 0 aromatic heterocycles. The Kier molecular flexibility index (Phi) is 6.07. The second-order valence-corrected chi connectivity index (χ2v) is 5.15. The van der Waals surface area contributed by atoms with Gasteiger partial charge in [0.05, 0.1) is 6.54 Å². The topological polar surface area (TPSA) is 26.0 Å². The highest BCUT2D eigenvalue weighted by Gasteiger charge is 1.97. The Morgan fingerprint density at radius 1 is 1.38 bits per heavy atom. The van der Waals surface area contributed by atoms with E-state index in [0.717, 1.165) is 17.2 Å². The molecule has 1 rings (SSSR count). The quantitative estimate of drug-likeness (QED) is 0.809. The molecule has 0 heterocycles. The summed E-state index contributed by atoms with van der Waals surface area (Å²) in [4.78, 5) is 0. The van der Waals surface area contributed by atoms with E-state index in [1.165, 1.54) is 11.3 Å². The summed E-state index contributed by atoms with van der Waals surface area (Å²) < 4.78 is 0. The van der Waals surface area contributed by atoms with Crippen molar-refractivity contribution in [2.75, 3.05) is 12.3 Å². The van der Waals surface area contributed by atoms with Crippen molar-refractivity contribution in [3.05, 3.63) is 35.4 Å². The number of hydrogen-bond acceptors (Lipinski definition) is 2. The summed E-state index contributed by atoms with van der Waals surface area (Å²) in [5.74, 6) is 8.96. The van der Waals surface area contributed by atoms with E-state index in [-0.39, 0.29) is 0 Å². The lowest BCUT2D eigenvalue weighted by atomic mass is 10.1. The van der Waals surface area contributed by atoms with Crippen LogP contribution in [0.15, 0.2) is 24.3 Å². The summed E-state index contributed by atoms with van der Waals surface area (Å²) in [6, 6.07) is 8.39. The van der Waals surface area contributed by atoms with E-state index in [4.69, 9.17) is 5.73 Å². The number of rotatable bonds is 4. The maximum absolute atomic E-state index is 5.35. The number of nitrogens with two attached hydrogens (primary N) is 1. The monoisotopic (exact) mass is 233 g/mol. The van der Waals surface area contributed by atoms with E-state index in [0.29, 0.717) is 6.54 Å². The van der Waals surface area contributed by atoms with E-state index in [1.807, 2.05) is 17.8 Å². The average molecular weight is 233 g/mol. The van der Waals surface area contributed by atoms with Gasteiger partial charge in [0.1, 0.15) is 0 Å². The number of thioether (sulfide) groups is 1. The average Bonchev–Trinajstić information content (AvgIpc) is 2.26. The molecule has 0 saturated heterocycles. The van der Waals surface area contributed by atoms with Crippen molar-refractivity contribution in [1.82, 2.24) is 0 Å². The Morgan fingerprint density at radius 3 is 2.88 bits per heavy atom. The predicted octanol–water partition coefficient (Wildman–Crippen LogP) is 2.89. The fourth-order valence-corrected chi connectivity index (χ4v) is 2.31. The van der Waals surface area contributed by atoms with Crippen molar-refractivity contribution >= 4 is 11.8 Å². The maximum atomic E-state index is 5.35. The maximum Gasteiger partial charge on any atom is 0.0555 e. The smallest absolute Gasteiger partial charge is 0.0555 e. The lowest BCUT2D eigenvalue weighted by molar-refractivity contribution is 0.750. The number of benzene rings is 1. The first-order valence-corrected chi connectivity index (χ1v) is 6.73.